The van der Waals surface area contributed by atoms with E-state index in [-0.39, 0.29) is 24.5 Å². The molecule has 1 fully saturated rings. The Kier molecular flexibility index (Phi) is 5.51. The average molecular weight is 380 g/mol. The normalized spacial score (nSPS) is 19.6. The quantitative estimate of drug-likeness (QED) is 0.773. The third kappa shape index (κ3) is 4.08. The van der Waals surface area contributed by atoms with Crippen LogP contribution in [0.4, 0.5) is 0 Å². The maximum Gasteiger partial charge on any atom is 0.317 e. The molecule has 8 heteroatoms. The fraction of sp³-hybridized carbons (Fsp3) is 0.471. The zero-order valence-electron chi connectivity index (χ0n) is 14.2. The standard InChI is InChI=1S/C17H21N3O3S2/c1-3-20(9-14(21)22)12-7-11(8-12)19-16(23)15-10(2)18-17(25-15)13-5-4-6-24-13/h4-6,11-12H,3,7-9H2,1-2H3,(H,19,23)(H,21,22). The van der Waals surface area contributed by atoms with Gasteiger partial charge in [-0.3, -0.25) is 14.5 Å². The lowest BCUT2D eigenvalue weighted by molar-refractivity contribution is -0.139. The monoisotopic (exact) mass is 379 g/mol. The highest BCUT2D eigenvalue weighted by atomic mass is 32.1. The molecule has 6 nitrogen and oxygen atoms in total. The summed E-state index contributed by atoms with van der Waals surface area (Å²) in [6, 6.07) is 4.31. The molecular weight excluding hydrogens is 358 g/mol. The highest BCUT2D eigenvalue weighted by Crippen LogP contribution is 2.32. The minimum Gasteiger partial charge on any atom is -0.480 e. The molecule has 0 spiro atoms. The molecule has 1 aliphatic carbocycles. The summed E-state index contributed by atoms with van der Waals surface area (Å²) >= 11 is 3.03. The predicted molar refractivity (Wildman–Crippen MR) is 99.3 cm³/mol. The van der Waals surface area contributed by atoms with Gasteiger partial charge in [0.05, 0.1) is 17.1 Å². The van der Waals surface area contributed by atoms with Crippen molar-refractivity contribution in [3.63, 3.8) is 0 Å². The number of aryl methyl sites for hydroxylation is 1. The van der Waals surface area contributed by atoms with Crippen molar-refractivity contribution in [2.45, 2.75) is 38.8 Å². The lowest BCUT2D eigenvalue weighted by Gasteiger charge is -2.42. The van der Waals surface area contributed by atoms with Crippen LogP contribution in [0, 0.1) is 6.92 Å². The van der Waals surface area contributed by atoms with Crippen molar-refractivity contribution in [3.8, 4) is 9.88 Å². The smallest absolute Gasteiger partial charge is 0.317 e. The number of rotatable bonds is 7. The minimum atomic E-state index is -0.810. The molecule has 0 radical (unpaired) electrons. The van der Waals surface area contributed by atoms with Crippen molar-refractivity contribution < 1.29 is 14.7 Å². The first-order valence-electron chi connectivity index (χ1n) is 8.26. The third-order valence-electron chi connectivity index (χ3n) is 4.44. The van der Waals surface area contributed by atoms with Gasteiger partial charge in [0.25, 0.3) is 5.91 Å². The first-order chi connectivity index (χ1) is 12.0. The SMILES string of the molecule is CCN(CC(=O)O)C1CC(NC(=O)c2sc(-c3cccs3)nc2C)C1. The molecule has 134 valence electrons. The third-order valence-corrected chi connectivity index (χ3v) is 6.64. The van der Waals surface area contributed by atoms with Crippen LogP contribution in [-0.2, 0) is 4.79 Å². The molecule has 25 heavy (non-hydrogen) atoms. The fourth-order valence-electron chi connectivity index (χ4n) is 3.04. The van der Waals surface area contributed by atoms with E-state index in [4.69, 9.17) is 5.11 Å². The predicted octanol–water partition coefficient (Wildman–Crippen LogP) is 2.85. The summed E-state index contributed by atoms with van der Waals surface area (Å²) < 4.78 is 0. The summed E-state index contributed by atoms with van der Waals surface area (Å²) in [5, 5.41) is 14.9. The number of aliphatic carboxylic acids is 1. The van der Waals surface area contributed by atoms with E-state index in [2.05, 4.69) is 10.3 Å². The zero-order chi connectivity index (χ0) is 18.0. The molecule has 0 unspecified atom stereocenters. The van der Waals surface area contributed by atoms with Gasteiger partial charge in [-0.15, -0.1) is 22.7 Å². The van der Waals surface area contributed by atoms with Gasteiger partial charge in [-0.2, -0.15) is 0 Å². The zero-order valence-corrected chi connectivity index (χ0v) is 15.8. The van der Waals surface area contributed by atoms with Crippen LogP contribution in [0.2, 0.25) is 0 Å². The van der Waals surface area contributed by atoms with E-state index >= 15 is 0 Å². The molecule has 2 N–H and O–H groups in total. The first-order valence-corrected chi connectivity index (χ1v) is 9.95. The maximum atomic E-state index is 12.5. The maximum absolute atomic E-state index is 12.5. The molecule has 2 aromatic heterocycles. The van der Waals surface area contributed by atoms with Crippen LogP contribution >= 0.6 is 22.7 Å². The van der Waals surface area contributed by atoms with Gasteiger partial charge in [-0.25, -0.2) is 4.98 Å². The molecule has 2 heterocycles. The van der Waals surface area contributed by atoms with E-state index in [1.165, 1.54) is 11.3 Å². The number of hydrogen-bond acceptors (Lipinski definition) is 6. The summed E-state index contributed by atoms with van der Waals surface area (Å²) in [5.41, 5.74) is 0.753. The summed E-state index contributed by atoms with van der Waals surface area (Å²) in [4.78, 5) is 31.6. The Morgan fingerprint density at radius 2 is 2.20 bits per heavy atom. The van der Waals surface area contributed by atoms with Crippen molar-refractivity contribution in [1.29, 1.82) is 0 Å². The summed E-state index contributed by atoms with van der Waals surface area (Å²) in [5.74, 6) is -0.890. The Morgan fingerprint density at radius 1 is 1.44 bits per heavy atom. The van der Waals surface area contributed by atoms with Crippen molar-refractivity contribution in [2.24, 2.45) is 0 Å². The number of carboxylic acid groups (broad SMARTS) is 1. The van der Waals surface area contributed by atoms with E-state index in [0.29, 0.717) is 11.4 Å². The van der Waals surface area contributed by atoms with Crippen molar-refractivity contribution in [1.82, 2.24) is 15.2 Å². The second kappa shape index (κ2) is 7.63. The highest BCUT2D eigenvalue weighted by Gasteiger charge is 2.35. The van der Waals surface area contributed by atoms with E-state index in [9.17, 15) is 9.59 Å². The first kappa shape index (κ1) is 18.0. The van der Waals surface area contributed by atoms with E-state index in [1.807, 2.05) is 36.3 Å². The number of thiophene rings is 1. The molecule has 3 rings (SSSR count). The lowest BCUT2D eigenvalue weighted by Crippen LogP contribution is -2.54. The number of carboxylic acids is 1. The molecule has 1 aliphatic rings. The van der Waals surface area contributed by atoms with Crippen LogP contribution in [0.3, 0.4) is 0 Å². The molecule has 2 aromatic rings. The molecule has 1 saturated carbocycles. The van der Waals surface area contributed by atoms with Gasteiger partial charge < -0.3 is 10.4 Å². The number of nitrogens with one attached hydrogen (secondary N) is 1. The van der Waals surface area contributed by atoms with Gasteiger partial charge in [0.15, 0.2) is 0 Å². The van der Waals surface area contributed by atoms with Gasteiger partial charge in [-0.1, -0.05) is 13.0 Å². The minimum absolute atomic E-state index is 0.0555. The number of thiazole rings is 1. The summed E-state index contributed by atoms with van der Waals surface area (Å²) in [6.45, 7) is 4.58. The molecular formula is C17H21N3O3S2. The van der Waals surface area contributed by atoms with E-state index < -0.39 is 5.97 Å². The molecule has 0 saturated heterocycles. The Morgan fingerprint density at radius 3 is 2.80 bits per heavy atom. The van der Waals surface area contributed by atoms with Crippen LogP contribution in [0.5, 0.6) is 0 Å². The number of carbonyl (C=O) groups excluding carboxylic acids is 1. The molecule has 1 amide bonds. The Balaban J connectivity index is 1.57. The fourth-order valence-corrected chi connectivity index (χ4v) is 4.81. The molecule has 0 aromatic carbocycles. The van der Waals surface area contributed by atoms with Crippen LogP contribution < -0.4 is 5.32 Å². The van der Waals surface area contributed by atoms with Crippen LogP contribution in [0.15, 0.2) is 17.5 Å². The van der Waals surface area contributed by atoms with E-state index in [1.54, 1.807) is 11.3 Å². The Labute approximate surface area is 154 Å². The van der Waals surface area contributed by atoms with Gasteiger partial charge in [-0.05, 0) is 37.8 Å². The van der Waals surface area contributed by atoms with Gasteiger partial charge >= 0.3 is 5.97 Å². The Hall–Kier alpha value is -1.77. The lowest BCUT2D eigenvalue weighted by atomic mass is 9.85. The second-order valence-electron chi connectivity index (χ2n) is 6.16. The molecule has 0 atom stereocenters. The largest absolute Gasteiger partial charge is 0.480 e. The average Bonchev–Trinajstić information content (AvgIpc) is 3.17. The topological polar surface area (TPSA) is 82.5 Å². The molecule has 0 aliphatic heterocycles. The molecule has 0 bridgehead atoms. The summed E-state index contributed by atoms with van der Waals surface area (Å²) in [7, 11) is 0. The van der Waals surface area contributed by atoms with Crippen molar-refractivity contribution in [3.05, 3.63) is 28.1 Å². The van der Waals surface area contributed by atoms with Crippen LogP contribution in [-0.4, -0.2) is 52.0 Å². The van der Waals surface area contributed by atoms with E-state index in [0.717, 1.165) is 28.4 Å². The van der Waals surface area contributed by atoms with Crippen LogP contribution in [0.25, 0.3) is 9.88 Å². The highest BCUT2D eigenvalue weighted by molar-refractivity contribution is 7.22. The number of nitrogens with zero attached hydrogens (tertiary/aromatic N) is 2. The number of likely N-dealkylation sites (N-methyl/N-ethyl adjacent to an activating group) is 1. The van der Waals surface area contributed by atoms with Gasteiger partial charge in [0.1, 0.15) is 9.88 Å². The van der Waals surface area contributed by atoms with Gasteiger partial charge in [0.2, 0.25) is 0 Å². The number of aromatic nitrogens is 1. The number of hydrogen-bond donors (Lipinski definition) is 2. The second-order valence-corrected chi connectivity index (χ2v) is 8.11. The summed E-state index contributed by atoms with van der Waals surface area (Å²) in [6.07, 6.45) is 1.59. The van der Waals surface area contributed by atoms with Crippen molar-refractivity contribution in [2.75, 3.05) is 13.1 Å². The number of amides is 1. The number of carbonyl (C=O) groups is 2. The van der Waals surface area contributed by atoms with Crippen LogP contribution in [0.1, 0.15) is 35.1 Å². The Bertz CT molecular complexity index is 751. The van der Waals surface area contributed by atoms with Gasteiger partial charge in [0, 0.05) is 12.1 Å². The van der Waals surface area contributed by atoms with Crippen molar-refractivity contribution >= 4 is 34.6 Å².